The van der Waals surface area contributed by atoms with E-state index in [-0.39, 0.29) is 70.2 Å². The van der Waals surface area contributed by atoms with Gasteiger partial charge in [0.05, 0.1) is 101 Å². The molecule has 0 spiro atoms. The number of benzene rings is 8. The van der Waals surface area contributed by atoms with Crippen molar-refractivity contribution in [2.75, 3.05) is 67.1 Å². The molecule has 4 N–H and O–H groups in total. The standard InChI is InChI=1S/C88H94O28/c1-103-85-61-17-9-5-13-57(61)25-33-77(85)115-75-29-21-53(37-69(75)93)44-106-82(98)48-110-80(96)40-63(87(101)111-49-83(99)107-45-52-20-28-74(68(92)36-52)114-72-32-24-56-12-4-8-16-60(56)66(72)42-90)64(88(102)112-50-84(100)108-46-54-22-30-76(70(94)38-54)116-78-34-26-58-14-6-10-18-62(58)86(78)104-2)39-79(95)109-47-81(97)105-43-51-19-27-73(67(91)35-51)113-71-31-23-55-11-3-7-15-59(55)65(71)41-89/h3-18,23-26,31-34,41-42,51-54,63-64,67-70,73-76,91-94H,19-22,27-30,35-40,43-50H2,1-2H3. The molecule has 116 heavy (non-hydrogen) atoms. The van der Waals surface area contributed by atoms with Gasteiger partial charge < -0.3 is 86.7 Å². The van der Waals surface area contributed by atoms with Crippen LogP contribution in [0.2, 0.25) is 0 Å². The molecule has 4 fully saturated rings. The van der Waals surface area contributed by atoms with Gasteiger partial charge in [-0.2, -0.15) is 0 Å². The lowest BCUT2D eigenvalue weighted by Gasteiger charge is -2.33. The van der Waals surface area contributed by atoms with Gasteiger partial charge >= 0.3 is 47.8 Å². The van der Waals surface area contributed by atoms with Crippen molar-refractivity contribution in [3.63, 3.8) is 0 Å². The molecule has 14 atom stereocenters. The number of aldehydes is 2. The van der Waals surface area contributed by atoms with Crippen LogP contribution in [0, 0.1) is 35.5 Å². The monoisotopic (exact) mass is 1600 g/mol. The van der Waals surface area contributed by atoms with E-state index >= 15 is 0 Å². The third kappa shape index (κ3) is 21.7. The molecule has 28 heteroatoms. The molecular weight excluding hydrogens is 1500 g/mol. The highest BCUT2D eigenvalue weighted by atomic mass is 16.6. The van der Waals surface area contributed by atoms with Gasteiger partial charge in [-0.15, -0.1) is 0 Å². The zero-order chi connectivity index (χ0) is 81.8. The van der Waals surface area contributed by atoms with Gasteiger partial charge in [-0.25, -0.2) is 19.2 Å². The van der Waals surface area contributed by atoms with Crippen molar-refractivity contribution < 1.29 is 135 Å². The summed E-state index contributed by atoms with van der Waals surface area (Å²) in [6, 6.07) is 43.9. The number of aliphatic hydroxyl groups excluding tert-OH is 4. The summed E-state index contributed by atoms with van der Waals surface area (Å²) >= 11 is 0. The molecular formula is C88H94O28. The predicted octanol–water partition coefficient (Wildman–Crippen LogP) is 10.0. The lowest BCUT2D eigenvalue weighted by Crippen LogP contribution is -2.40. The number of ether oxygens (including phenoxy) is 14. The number of methoxy groups -OCH3 is 2. The van der Waals surface area contributed by atoms with Gasteiger partial charge in [-0.1, -0.05) is 121 Å². The predicted molar refractivity (Wildman–Crippen MR) is 415 cm³/mol. The summed E-state index contributed by atoms with van der Waals surface area (Å²) in [6.07, 6.45) is -4.29. The first-order valence-corrected chi connectivity index (χ1v) is 38.9. The summed E-state index contributed by atoms with van der Waals surface area (Å²) in [5, 5.41) is 51.5. The summed E-state index contributed by atoms with van der Waals surface area (Å²) in [5.74, 6) is -13.5. The molecule has 0 heterocycles. The molecule has 14 unspecified atom stereocenters. The molecule has 0 aromatic heterocycles. The van der Waals surface area contributed by atoms with E-state index in [0.29, 0.717) is 108 Å². The summed E-state index contributed by atoms with van der Waals surface area (Å²) < 4.78 is 79.6. The zero-order valence-electron chi connectivity index (χ0n) is 64.2. The molecule has 0 saturated heterocycles. The largest absolute Gasteiger partial charge is 0.492 e. The van der Waals surface area contributed by atoms with Crippen molar-refractivity contribution in [3.8, 4) is 34.5 Å². The van der Waals surface area contributed by atoms with Gasteiger partial charge in [-0.05, 0) is 157 Å². The van der Waals surface area contributed by atoms with Crippen LogP contribution in [0.5, 0.6) is 34.5 Å². The van der Waals surface area contributed by atoms with Crippen LogP contribution in [-0.4, -0.2) is 197 Å². The van der Waals surface area contributed by atoms with E-state index in [9.17, 15) is 68.4 Å². The third-order valence-electron chi connectivity index (χ3n) is 21.9. The molecule has 28 nitrogen and oxygen atoms in total. The van der Waals surface area contributed by atoms with Crippen molar-refractivity contribution in [3.05, 3.63) is 157 Å². The minimum absolute atomic E-state index is 0.0946. The SMILES string of the molecule is COc1c(OC2CCC(COC(=O)COC(=O)CC(C(=O)OCC(=O)OCC3CCC(Oc4ccc5ccccc5c4C=O)C(O)C3)C(CC(=O)OCC(=O)OCC3CCC(Oc4ccc5ccccc5c4C=O)C(O)C3)C(=O)OCC(=O)OCC3CCC(Oc4ccc5ccccc5c4OC)C(O)C3)CC2O)ccc2ccccc12. The van der Waals surface area contributed by atoms with E-state index in [1.807, 2.05) is 84.9 Å². The maximum atomic E-state index is 14.5. The molecule has 0 aliphatic heterocycles. The van der Waals surface area contributed by atoms with Crippen LogP contribution in [-0.2, 0) is 76.3 Å². The number of hydrogen-bond donors (Lipinski definition) is 4. The molecule has 8 aromatic carbocycles. The third-order valence-corrected chi connectivity index (χ3v) is 21.9. The lowest BCUT2D eigenvalue weighted by atomic mass is 9.85. The molecule has 4 aliphatic rings. The fourth-order valence-electron chi connectivity index (χ4n) is 15.7. The van der Waals surface area contributed by atoms with E-state index in [4.69, 9.17) is 66.3 Å². The van der Waals surface area contributed by atoms with Gasteiger partial charge in [0.15, 0.2) is 62.0 Å². The number of aliphatic hydroxyl groups is 4. The number of rotatable bonds is 35. The Morgan fingerprint density at radius 2 is 0.595 bits per heavy atom. The second-order valence-electron chi connectivity index (χ2n) is 29.8. The summed E-state index contributed by atoms with van der Waals surface area (Å²) in [5.41, 5.74) is 0.642. The summed E-state index contributed by atoms with van der Waals surface area (Å²) in [6.45, 7) is -5.33. The van der Waals surface area contributed by atoms with E-state index in [2.05, 4.69) is 0 Å². The van der Waals surface area contributed by atoms with Crippen LogP contribution < -0.4 is 28.4 Å². The number of carbonyl (C=O) groups excluding carboxylic acids is 10. The summed E-state index contributed by atoms with van der Waals surface area (Å²) in [4.78, 5) is 135. The Hall–Kier alpha value is -11.5. The topological polar surface area (TPSA) is 381 Å². The second-order valence-corrected chi connectivity index (χ2v) is 29.8. The average molecular weight is 1600 g/mol. The van der Waals surface area contributed by atoms with Crippen LogP contribution in [0.4, 0.5) is 0 Å². The number of hydrogen-bond acceptors (Lipinski definition) is 28. The van der Waals surface area contributed by atoms with Crippen LogP contribution in [0.25, 0.3) is 43.1 Å². The molecule has 0 bridgehead atoms. The fraction of sp³-hybridized carbons (Fsp3) is 0.432. The van der Waals surface area contributed by atoms with Crippen LogP contribution in [0.3, 0.4) is 0 Å². The minimum Gasteiger partial charge on any atom is -0.492 e. The molecule has 4 saturated carbocycles. The van der Waals surface area contributed by atoms with Crippen molar-refractivity contribution in [1.82, 2.24) is 0 Å². The Balaban J connectivity index is 0.687. The van der Waals surface area contributed by atoms with Crippen molar-refractivity contribution in [2.24, 2.45) is 35.5 Å². The number of fused-ring (bicyclic) bond motifs is 4. The average Bonchev–Trinajstić information content (AvgIpc) is 0.813. The highest BCUT2D eigenvalue weighted by Crippen LogP contribution is 2.42. The first kappa shape index (κ1) is 84.0. The van der Waals surface area contributed by atoms with Gasteiger partial charge in [0.1, 0.15) is 35.9 Å². The van der Waals surface area contributed by atoms with Gasteiger partial charge in [-0.3, -0.25) is 28.8 Å². The Morgan fingerprint density at radius 1 is 0.328 bits per heavy atom. The zero-order valence-corrected chi connectivity index (χ0v) is 64.2. The molecule has 4 aliphatic carbocycles. The Labute approximate surface area is 667 Å². The maximum Gasteiger partial charge on any atom is 0.344 e. The van der Waals surface area contributed by atoms with E-state index in [0.717, 1.165) is 32.3 Å². The van der Waals surface area contributed by atoms with Crippen LogP contribution in [0.1, 0.15) is 111 Å². The fourth-order valence-corrected chi connectivity index (χ4v) is 15.7. The molecule has 0 amide bonds. The first-order valence-electron chi connectivity index (χ1n) is 38.9. The van der Waals surface area contributed by atoms with Gasteiger partial charge in [0.25, 0.3) is 0 Å². The van der Waals surface area contributed by atoms with Crippen LogP contribution in [0.15, 0.2) is 146 Å². The molecule has 614 valence electrons. The molecule has 0 radical (unpaired) electrons. The highest BCUT2D eigenvalue weighted by molar-refractivity contribution is 6.02. The maximum absolute atomic E-state index is 14.5. The van der Waals surface area contributed by atoms with Crippen LogP contribution >= 0.6 is 0 Å². The number of carbonyl (C=O) groups is 10. The Bertz CT molecular complexity index is 4830. The van der Waals surface area contributed by atoms with Crippen molar-refractivity contribution in [1.29, 1.82) is 0 Å². The second kappa shape index (κ2) is 40.2. The smallest absolute Gasteiger partial charge is 0.344 e. The molecule has 8 aromatic rings. The van der Waals surface area contributed by atoms with Crippen molar-refractivity contribution in [2.45, 2.75) is 139 Å². The van der Waals surface area contributed by atoms with E-state index < -0.39 is 165 Å². The Morgan fingerprint density at radius 3 is 0.888 bits per heavy atom. The highest BCUT2D eigenvalue weighted by Gasteiger charge is 2.43. The van der Waals surface area contributed by atoms with Crippen molar-refractivity contribution >= 4 is 103 Å². The van der Waals surface area contributed by atoms with E-state index in [1.54, 1.807) is 60.7 Å². The first-order chi connectivity index (χ1) is 56.2. The van der Waals surface area contributed by atoms with E-state index in [1.165, 1.54) is 14.2 Å². The Kier molecular flexibility index (Phi) is 29.1. The minimum atomic E-state index is -2.15. The lowest BCUT2D eigenvalue weighted by molar-refractivity contribution is -0.174. The quantitative estimate of drug-likeness (QED) is 0.0163. The normalized spacial score (nSPS) is 22.4. The number of esters is 8. The summed E-state index contributed by atoms with van der Waals surface area (Å²) in [7, 11) is 3.04. The van der Waals surface area contributed by atoms with Gasteiger partial charge in [0.2, 0.25) is 0 Å². The van der Waals surface area contributed by atoms with Gasteiger partial charge in [0, 0.05) is 10.8 Å². The molecule has 12 rings (SSSR count).